The Balaban J connectivity index is 1.75. The molecule has 0 saturated carbocycles. The SMILES string of the molecule is O=S(=O)(c1ccc(F)cc1)N1CC(n2ccnn2)C1. The second-order valence-electron chi connectivity index (χ2n) is 4.31. The Morgan fingerprint density at radius 1 is 1.21 bits per heavy atom. The molecule has 6 nitrogen and oxygen atoms in total. The average Bonchev–Trinajstić information content (AvgIpc) is 2.81. The van der Waals surface area contributed by atoms with Gasteiger partial charge in [0, 0.05) is 19.3 Å². The maximum atomic E-state index is 12.8. The summed E-state index contributed by atoms with van der Waals surface area (Å²) >= 11 is 0. The Hall–Kier alpha value is -1.80. The van der Waals surface area contributed by atoms with Gasteiger partial charge in [-0.1, -0.05) is 5.21 Å². The zero-order valence-electron chi connectivity index (χ0n) is 9.85. The molecule has 8 heteroatoms. The Bertz CT molecular complexity index is 663. The first kappa shape index (κ1) is 12.2. The molecule has 2 aromatic rings. The monoisotopic (exact) mass is 282 g/mol. The van der Waals surface area contributed by atoms with Gasteiger partial charge in [0.15, 0.2) is 0 Å². The van der Waals surface area contributed by atoms with Gasteiger partial charge in [-0.2, -0.15) is 4.31 Å². The predicted molar refractivity (Wildman–Crippen MR) is 64.2 cm³/mol. The number of aromatic nitrogens is 3. The molecule has 1 aromatic carbocycles. The van der Waals surface area contributed by atoms with Gasteiger partial charge in [0.2, 0.25) is 10.0 Å². The lowest BCUT2D eigenvalue weighted by Crippen LogP contribution is -2.50. The second kappa shape index (κ2) is 4.39. The minimum atomic E-state index is -3.54. The van der Waals surface area contributed by atoms with Crippen LogP contribution in [0.1, 0.15) is 6.04 Å². The third-order valence-electron chi connectivity index (χ3n) is 3.10. The van der Waals surface area contributed by atoms with Gasteiger partial charge in [-0.05, 0) is 24.3 Å². The van der Waals surface area contributed by atoms with Crippen molar-refractivity contribution in [3.05, 3.63) is 42.5 Å². The van der Waals surface area contributed by atoms with Crippen molar-refractivity contribution in [3.8, 4) is 0 Å². The molecule has 0 atom stereocenters. The minimum Gasteiger partial charge on any atom is -0.247 e. The van der Waals surface area contributed by atoms with Gasteiger partial charge in [-0.3, -0.25) is 0 Å². The Labute approximate surface area is 109 Å². The molecule has 0 amide bonds. The van der Waals surface area contributed by atoms with E-state index >= 15 is 0 Å². The highest BCUT2D eigenvalue weighted by atomic mass is 32.2. The quantitative estimate of drug-likeness (QED) is 0.829. The van der Waals surface area contributed by atoms with Crippen LogP contribution in [0.4, 0.5) is 4.39 Å². The van der Waals surface area contributed by atoms with E-state index in [1.807, 2.05) is 0 Å². The first-order valence-corrected chi connectivity index (χ1v) is 7.13. The lowest BCUT2D eigenvalue weighted by atomic mass is 10.2. The molecule has 1 aliphatic rings. The van der Waals surface area contributed by atoms with E-state index < -0.39 is 15.8 Å². The van der Waals surface area contributed by atoms with Crippen molar-refractivity contribution in [3.63, 3.8) is 0 Å². The molecule has 19 heavy (non-hydrogen) atoms. The molecule has 2 heterocycles. The van der Waals surface area contributed by atoms with Gasteiger partial charge in [0.05, 0.1) is 17.1 Å². The van der Waals surface area contributed by atoms with Gasteiger partial charge >= 0.3 is 0 Å². The fourth-order valence-electron chi connectivity index (χ4n) is 1.95. The van der Waals surface area contributed by atoms with E-state index in [-0.39, 0.29) is 10.9 Å². The van der Waals surface area contributed by atoms with E-state index in [4.69, 9.17) is 0 Å². The lowest BCUT2D eigenvalue weighted by Gasteiger charge is -2.37. The van der Waals surface area contributed by atoms with Crippen molar-refractivity contribution in [1.82, 2.24) is 19.3 Å². The van der Waals surface area contributed by atoms with Crippen LogP contribution in [0.3, 0.4) is 0 Å². The van der Waals surface area contributed by atoms with Crippen molar-refractivity contribution in [2.45, 2.75) is 10.9 Å². The van der Waals surface area contributed by atoms with Gasteiger partial charge in [0.25, 0.3) is 0 Å². The molecule has 1 fully saturated rings. The van der Waals surface area contributed by atoms with Gasteiger partial charge in [-0.25, -0.2) is 17.5 Å². The molecule has 0 unspecified atom stereocenters. The molecule has 0 radical (unpaired) electrons. The first-order valence-electron chi connectivity index (χ1n) is 5.69. The summed E-state index contributed by atoms with van der Waals surface area (Å²) in [6.07, 6.45) is 3.25. The van der Waals surface area contributed by atoms with Crippen molar-refractivity contribution in [2.24, 2.45) is 0 Å². The van der Waals surface area contributed by atoms with Crippen LogP contribution in [0.2, 0.25) is 0 Å². The number of rotatable bonds is 3. The van der Waals surface area contributed by atoms with Crippen LogP contribution in [-0.4, -0.2) is 40.8 Å². The zero-order chi connectivity index (χ0) is 13.5. The third kappa shape index (κ3) is 2.13. The van der Waals surface area contributed by atoms with Crippen LogP contribution in [0, 0.1) is 5.82 Å². The fraction of sp³-hybridized carbons (Fsp3) is 0.273. The fourth-order valence-corrected chi connectivity index (χ4v) is 3.46. The number of halogens is 1. The highest BCUT2D eigenvalue weighted by molar-refractivity contribution is 7.89. The molecule has 3 rings (SSSR count). The minimum absolute atomic E-state index is 0.0118. The number of hydrogen-bond acceptors (Lipinski definition) is 4. The Kier molecular flexibility index (Phi) is 2.83. The molecule has 100 valence electrons. The second-order valence-corrected chi connectivity index (χ2v) is 6.25. The Morgan fingerprint density at radius 2 is 1.89 bits per heavy atom. The maximum absolute atomic E-state index is 12.8. The Morgan fingerprint density at radius 3 is 2.47 bits per heavy atom. The molecular weight excluding hydrogens is 271 g/mol. The maximum Gasteiger partial charge on any atom is 0.243 e. The normalized spacial score (nSPS) is 17.3. The van der Waals surface area contributed by atoms with Gasteiger partial charge < -0.3 is 0 Å². The molecule has 1 aromatic heterocycles. The van der Waals surface area contributed by atoms with Crippen molar-refractivity contribution < 1.29 is 12.8 Å². The van der Waals surface area contributed by atoms with Gasteiger partial charge in [0.1, 0.15) is 5.82 Å². The van der Waals surface area contributed by atoms with Crippen LogP contribution in [0.5, 0.6) is 0 Å². The van der Waals surface area contributed by atoms with E-state index in [1.165, 1.54) is 16.4 Å². The molecule has 0 aliphatic carbocycles. The molecule has 0 spiro atoms. The summed E-state index contributed by atoms with van der Waals surface area (Å²) in [4.78, 5) is 0.103. The number of benzene rings is 1. The van der Waals surface area contributed by atoms with E-state index in [1.54, 1.807) is 17.1 Å². The zero-order valence-corrected chi connectivity index (χ0v) is 10.7. The molecular formula is C11H11FN4O2S. The molecule has 0 bridgehead atoms. The summed E-state index contributed by atoms with van der Waals surface area (Å²) in [6, 6.07) is 4.84. The van der Waals surface area contributed by atoms with Crippen LogP contribution < -0.4 is 0 Å². The van der Waals surface area contributed by atoms with E-state index in [9.17, 15) is 12.8 Å². The largest absolute Gasteiger partial charge is 0.247 e. The molecule has 1 aliphatic heterocycles. The van der Waals surface area contributed by atoms with Crippen LogP contribution >= 0.6 is 0 Å². The topological polar surface area (TPSA) is 68.1 Å². The number of sulfonamides is 1. The summed E-state index contributed by atoms with van der Waals surface area (Å²) in [5.41, 5.74) is 0. The third-order valence-corrected chi connectivity index (χ3v) is 4.94. The average molecular weight is 282 g/mol. The van der Waals surface area contributed by atoms with Crippen molar-refractivity contribution in [1.29, 1.82) is 0 Å². The highest BCUT2D eigenvalue weighted by Gasteiger charge is 2.38. The van der Waals surface area contributed by atoms with Crippen molar-refractivity contribution in [2.75, 3.05) is 13.1 Å². The lowest BCUT2D eigenvalue weighted by molar-refractivity contribution is 0.189. The number of hydrogen-bond donors (Lipinski definition) is 0. The van der Waals surface area contributed by atoms with Gasteiger partial charge in [-0.15, -0.1) is 5.10 Å². The predicted octanol–water partition coefficient (Wildman–Crippen LogP) is 0.663. The summed E-state index contributed by atoms with van der Waals surface area (Å²) in [5.74, 6) is -0.456. The van der Waals surface area contributed by atoms with Crippen LogP contribution in [0.15, 0.2) is 41.6 Å². The summed E-state index contributed by atoms with van der Waals surface area (Å²) in [7, 11) is -3.54. The summed E-state index contributed by atoms with van der Waals surface area (Å²) in [5, 5.41) is 7.52. The van der Waals surface area contributed by atoms with Crippen molar-refractivity contribution >= 4 is 10.0 Å². The van der Waals surface area contributed by atoms with E-state index in [2.05, 4.69) is 10.3 Å². The molecule has 1 saturated heterocycles. The standard InChI is InChI=1S/C11H11FN4O2S/c12-9-1-3-11(4-2-9)19(17,18)15-7-10(8-15)16-6-5-13-14-16/h1-6,10H,7-8H2. The summed E-state index contributed by atoms with van der Waals surface area (Å²) in [6.45, 7) is 0.701. The van der Waals surface area contributed by atoms with E-state index in [0.29, 0.717) is 13.1 Å². The molecule has 0 N–H and O–H groups in total. The first-order chi connectivity index (χ1) is 9.07. The smallest absolute Gasteiger partial charge is 0.243 e. The van der Waals surface area contributed by atoms with E-state index in [0.717, 1.165) is 12.1 Å². The van der Waals surface area contributed by atoms with Crippen LogP contribution in [-0.2, 0) is 10.0 Å². The number of nitrogens with zero attached hydrogens (tertiary/aromatic N) is 4. The highest BCUT2D eigenvalue weighted by Crippen LogP contribution is 2.27. The summed E-state index contributed by atoms with van der Waals surface area (Å²) < 4.78 is 40.2. The van der Waals surface area contributed by atoms with Crippen LogP contribution in [0.25, 0.3) is 0 Å².